The van der Waals surface area contributed by atoms with Crippen LogP contribution in [0, 0.1) is 11.2 Å². The summed E-state index contributed by atoms with van der Waals surface area (Å²) in [6.07, 6.45) is -4.31. The number of aromatic amines is 1. The van der Waals surface area contributed by atoms with E-state index in [9.17, 15) is 22.4 Å². The van der Waals surface area contributed by atoms with Crippen molar-refractivity contribution < 1.29 is 22.4 Å². The number of fused-ring (bicyclic) bond motifs is 1. The molecule has 1 amide bonds. The van der Waals surface area contributed by atoms with Crippen LogP contribution in [0.1, 0.15) is 31.0 Å². The maximum atomic E-state index is 13.7. The summed E-state index contributed by atoms with van der Waals surface area (Å²) in [4.78, 5) is 14.8. The van der Waals surface area contributed by atoms with Crippen molar-refractivity contribution in [1.82, 2.24) is 10.3 Å². The van der Waals surface area contributed by atoms with Crippen LogP contribution in [-0.4, -0.2) is 17.1 Å². The highest BCUT2D eigenvalue weighted by Crippen LogP contribution is 2.57. The molecule has 0 bridgehead atoms. The number of carbonyl (C=O) groups is 1. The first-order valence-electron chi connectivity index (χ1n) is 7.42. The molecule has 2 N–H and O–H groups in total. The Labute approximate surface area is 130 Å². The van der Waals surface area contributed by atoms with Gasteiger partial charge in [-0.2, -0.15) is 13.2 Å². The summed E-state index contributed by atoms with van der Waals surface area (Å²) in [5.74, 6) is -1.31. The summed E-state index contributed by atoms with van der Waals surface area (Å²) in [6, 6.07) is 4.69. The van der Waals surface area contributed by atoms with Crippen molar-refractivity contribution in [2.75, 3.05) is 0 Å². The molecule has 1 saturated carbocycles. The number of nitrogens with one attached hydrogen (secondary N) is 2. The molecule has 1 fully saturated rings. The molecule has 0 atom stereocenters. The quantitative estimate of drug-likeness (QED) is 0.823. The summed E-state index contributed by atoms with van der Waals surface area (Å²) >= 11 is 0. The van der Waals surface area contributed by atoms with Crippen molar-refractivity contribution in [1.29, 1.82) is 0 Å². The molecule has 124 valence electrons. The fourth-order valence-electron chi connectivity index (χ4n) is 2.73. The number of benzene rings is 1. The fourth-order valence-corrected chi connectivity index (χ4v) is 2.73. The van der Waals surface area contributed by atoms with Gasteiger partial charge in [0.25, 0.3) is 0 Å². The molecule has 1 aromatic heterocycles. The van der Waals surface area contributed by atoms with Gasteiger partial charge >= 0.3 is 6.18 Å². The second-order valence-corrected chi connectivity index (χ2v) is 5.94. The van der Waals surface area contributed by atoms with E-state index in [0.29, 0.717) is 28.6 Å². The predicted molar refractivity (Wildman–Crippen MR) is 77.2 cm³/mol. The van der Waals surface area contributed by atoms with E-state index in [-0.39, 0.29) is 25.2 Å². The van der Waals surface area contributed by atoms with Crippen LogP contribution in [-0.2, 0) is 17.8 Å². The standard InChI is InChI=1S/C16H16F4N2O/c1-2-9-7-13-10(6-12(9)17)5-11(22-13)8-21-14(23)15(3-4-15)16(18,19)20/h5-7,22H,2-4,8H2,1H3,(H,21,23). The van der Waals surface area contributed by atoms with Gasteiger partial charge < -0.3 is 10.3 Å². The molecule has 0 unspecified atom stereocenters. The topological polar surface area (TPSA) is 44.9 Å². The number of aryl methyl sites for hydroxylation is 1. The van der Waals surface area contributed by atoms with Crippen LogP contribution in [0.5, 0.6) is 0 Å². The minimum atomic E-state index is -4.52. The Hall–Kier alpha value is -2.05. The number of alkyl halides is 3. The zero-order valence-corrected chi connectivity index (χ0v) is 12.5. The Morgan fingerprint density at radius 3 is 2.57 bits per heavy atom. The molecule has 3 nitrogen and oxygen atoms in total. The van der Waals surface area contributed by atoms with Crippen LogP contribution in [0.15, 0.2) is 18.2 Å². The normalized spacial score (nSPS) is 16.6. The number of hydrogen-bond donors (Lipinski definition) is 2. The molecular formula is C16H16F4N2O. The van der Waals surface area contributed by atoms with E-state index >= 15 is 0 Å². The maximum absolute atomic E-state index is 13.7. The zero-order valence-electron chi connectivity index (χ0n) is 12.5. The van der Waals surface area contributed by atoms with Crippen LogP contribution >= 0.6 is 0 Å². The lowest BCUT2D eigenvalue weighted by molar-refractivity contribution is -0.192. The van der Waals surface area contributed by atoms with Gasteiger partial charge in [0.15, 0.2) is 0 Å². The molecule has 2 aromatic rings. The molecule has 1 aliphatic rings. The minimum Gasteiger partial charge on any atom is -0.357 e. The number of carbonyl (C=O) groups excluding carboxylic acids is 1. The van der Waals surface area contributed by atoms with Gasteiger partial charge in [0.2, 0.25) is 5.91 Å². The molecule has 7 heteroatoms. The molecule has 0 saturated heterocycles. The van der Waals surface area contributed by atoms with E-state index in [1.165, 1.54) is 6.07 Å². The van der Waals surface area contributed by atoms with E-state index < -0.39 is 17.5 Å². The van der Waals surface area contributed by atoms with E-state index in [1.807, 2.05) is 6.92 Å². The third kappa shape index (κ3) is 2.68. The lowest BCUT2D eigenvalue weighted by Crippen LogP contribution is -2.40. The number of hydrogen-bond acceptors (Lipinski definition) is 1. The van der Waals surface area contributed by atoms with Crippen LogP contribution in [0.3, 0.4) is 0 Å². The maximum Gasteiger partial charge on any atom is 0.403 e. The van der Waals surface area contributed by atoms with Gasteiger partial charge in [-0.25, -0.2) is 4.39 Å². The molecule has 3 rings (SSSR count). The molecule has 0 radical (unpaired) electrons. The number of rotatable bonds is 4. The molecule has 0 spiro atoms. The molecule has 1 aliphatic carbocycles. The monoisotopic (exact) mass is 328 g/mol. The number of halogens is 4. The summed E-state index contributed by atoms with van der Waals surface area (Å²) < 4.78 is 52.3. The summed E-state index contributed by atoms with van der Waals surface area (Å²) in [7, 11) is 0. The second-order valence-electron chi connectivity index (χ2n) is 5.94. The van der Waals surface area contributed by atoms with Gasteiger partial charge in [-0.3, -0.25) is 4.79 Å². The van der Waals surface area contributed by atoms with Crippen molar-refractivity contribution in [3.05, 3.63) is 35.3 Å². The van der Waals surface area contributed by atoms with Gasteiger partial charge in [-0.15, -0.1) is 0 Å². The van der Waals surface area contributed by atoms with Crippen molar-refractivity contribution in [2.24, 2.45) is 5.41 Å². The number of aromatic nitrogens is 1. The van der Waals surface area contributed by atoms with E-state index in [2.05, 4.69) is 10.3 Å². The van der Waals surface area contributed by atoms with Crippen LogP contribution in [0.4, 0.5) is 17.6 Å². The number of amides is 1. The number of H-pyrrole nitrogens is 1. The van der Waals surface area contributed by atoms with Gasteiger partial charge in [0.1, 0.15) is 11.2 Å². The largest absolute Gasteiger partial charge is 0.403 e. The minimum absolute atomic E-state index is 0.0472. The van der Waals surface area contributed by atoms with Crippen molar-refractivity contribution in [3.8, 4) is 0 Å². The molecule has 0 aliphatic heterocycles. The highest BCUT2D eigenvalue weighted by atomic mass is 19.4. The first-order chi connectivity index (χ1) is 10.8. The fraction of sp³-hybridized carbons (Fsp3) is 0.438. The molecule has 23 heavy (non-hydrogen) atoms. The predicted octanol–water partition coefficient (Wildman–Crippen LogP) is 3.83. The van der Waals surface area contributed by atoms with Crippen molar-refractivity contribution in [3.63, 3.8) is 0 Å². The SMILES string of the molecule is CCc1cc2[nH]c(CNC(=O)C3(C(F)(F)F)CC3)cc2cc1F. The summed E-state index contributed by atoms with van der Waals surface area (Å²) in [6.45, 7) is 1.79. The summed E-state index contributed by atoms with van der Waals surface area (Å²) in [5.41, 5.74) is -0.423. The average molecular weight is 328 g/mol. The zero-order chi connectivity index (χ0) is 16.8. The Morgan fingerprint density at radius 2 is 2.00 bits per heavy atom. The smallest absolute Gasteiger partial charge is 0.357 e. The lowest BCUT2D eigenvalue weighted by Gasteiger charge is -2.18. The summed E-state index contributed by atoms with van der Waals surface area (Å²) in [5, 5.41) is 2.95. The van der Waals surface area contributed by atoms with Crippen LogP contribution in [0.2, 0.25) is 0 Å². The third-order valence-electron chi connectivity index (χ3n) is 4.39. The van der Waals surface area contributed by atoms with E-state index in [4.69, 9.17) is 0 Å². The molecule has 1 heterocycles. The van der Waals surface area contributed by atoms with E-state index in [1.54, 1.807) is 12.1 Å². The first kappa shape index (κ1) is 15.8. The Balaban J connectivity index is 1.74. The highest BCUT2D eigenvalue weighted by molar-refractivity contribution is 5.86. The van der Waals surface area contributed by atoms with Crippen molar-refractivity contribution >= 4 is 16.8 Å². The Morgan fingerprint density at radius 1 is 1.30 bits per heavy atom. The van der Waals surface area contributed by atoms with E-state index in [0.717, 1.165) is 0 Å². The van der Waals surface area contributed by atoms with Gasteiger partial charge in [0, 0.05) is 16.6 Å². The highest BCUT2D eigenvalue weighted by Gasteiger charge is 2.68. The van der Waals surface area contributed by atoms with Crippen LogP contribution < -0.4 is 5.32 Å². The van der Waals surface area contributed by atoms with Gasteiger partial charge in [-0.05, 0) is 43.0 Å². The van der Waals surface area contributed by atoms with Crippen LogP contribution in [0.25, 0.3) is 10.9 Å². The Bertz CT molecular complexity index is 759. The van der Waals surface area contributed by atoms with Crippen molar-refractivity contribution in [2.45, 2.75) is 38.9 Å². The first-order valence-corrected chi connectivity index (χ1v) is 7.42. The third-order valence-corrected chi connectivity index (χ3v) is 4.39. The Kier molecular flexibility index (Phi) is 3.61. The second kappa shape index (κ2) is 5.25. The lowest BCUT2D eigenvalue weighted by atomic mass is 10.1. The molecular weight excluding hydrogens is 312 g/mol. The average Bonchev–Trinajstić information content (AvgIpc) is 3.21. The van der Waals surface area contributed by atoms with Gasteiger partial charge in [0.05, 0.1) is 6.54 Å². The van der Waals surface area contributed by atoms with Gasteiger partial charge in [-0.1, -0.05) is 6.92 Å². The molecule has 1 aromatic carbocycles.